The van der Waals surface area contributed by atoms with Crippen molar-refractivity contribution in [1.82, 2.24) is 0 Å². The fourth-order valence-corrected chi connectivity index (χ4v) is 5.20. The highest BCUT2D eigenvalue weighted by molar-refractivity contribution is 7.46. The van der Waals surface area contributed by atoms with E-state index in [0.717, 1.165) is 38.5 Å². The normalized spacial score (nSPS) is 12.4. The second kappa shape index (κ2) is 29.1. The molecule has 0 rings (SSSR count). The first-order chi connectivity index (χ1) is 19.8. The monoisotopic (exact) mass is 606 g/mol. The summed E-state index contributed by atoms with van der Waals surface area (Å²) in [5.41, 5.74) is 0. The Morgan fingerprint density at radius 1 is 0.537 bits per heavy atom. The molecule has 0 radical (unpaired) electrons. The van der Waals surface area contributed by atoms with Crippen LogP contribution in [-0.2, 0) is 28.2 Å². The van der Waals surface area contributed by atoms with Crippen LogP contribution in [0, 0.1) is 0 Å². The van der Waals surface area contributed by atoms with Crippen LogP contribution in [-0.4, -0.2) is 41.0 Å². The van der Waals surface area contributed by atoms with Crippen LogP contribution in [0.25, 0.3) is 0 Å². The maximum absolute atomic E-state index is 12.3. The van der Waals surface area contributed by atoms with Gasteiger partial charge < -0.3 is 19.3 Å². The third-order valence-electron chi connectivity index (χ3n) is 7.38. The highest BCUT2D eigenvalue weighted by Gasteiger charge is 2.22. The fraction of sp³-hybridized carbons (Fsp3) is 0.938. The number of ether oxygens (including phenoxy) is 2. The lowest BCUT2D eigenvalue weighted by Crippen LogP contribution is -2.29. The highest BCUT2D eigenvalue weighted by atomic mass is 31.2. The molecule has 0 unspecified atom stereocenters. The minimum Gasteiger partial charge on any atom is -0.462 e. The lowest BCUT2D eigenvalue weighted by atomic mass is 10.0. The number of phosphoric acid groups is 1. The van der Waals surface area contributed by atoms with Gasteiger partial charge in [0.25, 0.3) is 0 Å². The molecule has 0 saturated carbocycles. The number of phosphoric ester groups is 1. The van der Waals surface area contributed by atoms with Gasteiger partial charge in [-0.25, -0.2) is 4.57 Å². The standard InChI is InChI=1S/C32H63O8P/c1-3-5-7-9-11-13-15-17-19-21-23-25-27-32(34)40-30(29-39-41(35,36)37)28-38-31(33)26-24-22-20-18-16-14-12-10-8-6-4-2/h30H,3-29H2,1-2H3,(H2,35,36,37)/t30-/m1/s1. The van der Waals surface area contributed by atoms with Crippen molar-refractivity contribution in [3.63, 3.8) is 0 Å². The molecule has 1 atom stereocenters. The number of rotatable bonds is 31. The molecule has 0 heterocycles. The van der Waals surface area contributed by atoms with Crippen molar-refractivity contribution >= 4 is 19.8 Å². The molecule has 0 spiro atoms. The molecule has 0 aromatic carbocycles. The van der Waals surface area contributed by atoms with Crippen LogP contribution in [0.2, 0.25) is 0 Å². The van der Waals surface area contributed by atoms with Gasteiger partial charge in [0, 0.05) is 12.8 Å². The van der Waals surface area contributed by atoms with Crippen molar-refractivity contribution in [1.29, 1.82) is 0 Å². The van der Waals surface area contributed by atoms with E-state index >= 15 is 0 Å². The lowest BCUT2D eigenvalue weighted by molar-refractivity contribution is -0.161. The average Bonchev–Trinajstić information content (AvgIpc) is 2.93. The maximum Gasteiger partial charge on any atom is 0.469 e. The molecule has 8 nitrogen and oxygen atoms in total. The van der Waals surface area contributed by atoms with E-state index in [1.165, 1.54) is 103 Å². The van der Waals surface area contributed by atoms with Crippen molar-refractivity contribution in [2.24, 2.45) is 0 Å². The largest absolute Gasteiger partial charge is 0.469 e. The summed E-state index contributed by atoms with van der Waals surface area (Å²) in [5, 5.41) is 0. The van der Waals surface area contributed by atoms with Gasteiger partial charge in [0.1, 0.15) is 6.61 Å². The van der Waals surface area contributed by atoms with Gasteiger partial charge in [-0.05, 0) is 12.8 Å². The third-order valence-corrected chi connectivity index (χ3v) is 7.86. The van der Waals surface area contributed by atoms with E-state index in [1.54, 1.807) is 0 Å². The van der Waals surface area contributed by atoms with Crippen molar-refractivity contribution in [2.75, 3.05) is 13.2 Å². The zero-order valence-corrected chi connectivity index (χ0v) is 27.4. The van der Waals surface area contributed by atoms with E-state index in [9.17, 15) is 14.2 Å². The van der Waals surface area contributed by atoms with Crippen LogP contribution < -0.4 is 0 Å². The van der Waals surface area contributed by atoms with E-state index in [2.05, 4.69) is 18.4 Å². The van der Waals surface area contributed by atoms with E-state index in [1.807, 2.05) is 0 Å². The minimum atomic E-state index is -4.73. The minimum absolute atomic E-state index is 0.219. The second-order valence-corrected chi connectivity index (χ2v) is 12.7. The van der Waals surface area contributed by atoms with Gasteiger partial charge in [-0.3, -0.25) is 14.1 Å². The fourth-order valence-electron chi connectivity index (χ4n) is 4.84. The molecule has 0 aliphatic rings. The van der Waals surface area contributed by atoms with Gasteiger partial charge >= 0.3 is 19.8 Å². The molecule has 0 aliphatic heterocycles. The Bertz CT molecular complexity index is 652. The Balaban J connectivity index is 3.99. The van der Waals surface area contributed by atoms with Crippen molar-refractivity contribution in [2.45, 2.75) is 180 Å². The number of esters is 2. The van der Waals surface area contributed by atoms with Gasteiger partial charge in [-0.15, -0.1) is 0 Å². The molecular formula is C32H63O8P. The smallest absolute Gasteiger partial charge is 0.462 e. The molecule has 41 heavy (non-hydrogen) atoms. The molecule has 0 aromatic heterocycles. The molecule has 9 heteroatoms. The van der Waals surface area contributed by atoms with E-state index in [0.29, 0.717) is 6.42 Å². The third kappa shape index (κ3) is 31.8. The van der Waals surface area contributed by atoms with Crippen molar-refractivity contribution < 1.29 is 37.9 Å². The molecule has 2 N–H and O–H groups in total. The van der Waals surface area contributed by atoms with Crippen LogP contribution >= 0.6 is 7.82 Å². The summed E-state index contributed by atoms with van der Waals surface area (Å²) in [4.78, 5) is 42.4. The summed E-state index contributed by atoms with van der Waals surface area (Å²) in [7, 11) is -4.73. The van der Waals surface area contributed by atoms with Gasteiger partial charge in [-0.2, -0.15) is 0 Å². The van der Waals surface area contributed by atoms with E-state index in [4.69, 9.17) is 19.3 Å². The summed E-state index contributed by atoms with van der Waals surface area (Å²) in [6.45, 7) is 3.66. The number of carbonyl (C=O) groups excluding carboxylic acids is 2. The summed E-state index contributed by atoms with van der Waals surface area (Å²) in [6.07, 6.45) is 26.8. The van der Waals surface area contributed by atoms with Crippen LogP contribution in [0.1, 0.15) is 174 Å². The topological polar surface area (TPSA) is 119 Å². The average molecular weight is 607 g/mol. The molecule has 244 valence electrons. The lowest BCUT2D eigenvalue weighted by Gasteiger charge is -2.18. The van der Waals surface area contributed by atoms with E-state index in [-0.39, 0.29) is 19.4 Å². The Morgan fingerprint density at radius 2 is 0.878 bits per heavy atom. The van der Waals surface area contributed by atoms with Gasteiger partial charge in [-0.1, -0.05) is 149 Å². The van der Waals surface area contributed by atoms with Gasteiger partial charge in [0.05, 0.1) is 6.61 Å². The summed E-state index contributed by atoms with van der Waals surface area (Å²) >= 11 is 0. The number of unbranched alkanes of at least 4 members (excludes halogenated alkanes) is 21. The first-order valence-corrected chi connectivity index (χ1v) is 18.4. The Morgan fingerprint density at radius 3 is 1.24 bits per heavy atom. The quantitative estimate of drug-likeness (QED) is 0.0455. The summed E-state index contributed by atoms with van der Waals surface area (Å²) in [5.74, 6) is -0.878. The van der Waals surface area contributed by atoms with Gasteiger partial charge in [0.15, 0.2) is 6.10 Å². The Hall–Kier alpha value is -0.950. The van der Waals surface area contributed by atoms with Crippen molar-refractivity contribution in [3.8, 4) is 0 Å². The molecule has 0 bridgehead atoms. The molecule has 0 amide bonds. The van der Waals surface area contributed by atoms with E-state index < -0.39 is 32.5 Å². The SMILES string of the molecule is CCCCCCCCCCCCCCC(=O)O[C@H](COC(=O)CCCCCCCCCCCCC)COP(=O)(O)O. The molecule has 0 aromatic rings. The zero-order chi connectivity index (χ0) is 30.4. The van der Waals surface area contributed by atoms with Gasteiger partial charge in [0.2, 0.25) is 0 Å². The van der Waals surface area contributed by atoms with Crippen LogP contribution in [0.3, 0.4) is 0 Å². The van der Waals surface area contributed by atoms with Crippen molar-refractivity contribution in [3.05, 3.63) is 0 Å². The predicted octanol–water partition coefficient (Wildman–Crippen LogP) is 9.34. The number of carbonyl (C=O) groups is 2. The first-order valence-electron chi connectivity index (χ1n) is 16.8. The molecule has 0 saturated heterocycles. The Kier molecular flexibility index (Phi) is 28.5. The van der Waals surface area contributed by atoms with Crippen LogP contribution in [0.4, 0.5) is 0 Å². The maximum atomic E-state index is 12.3. The highest BCUT2D eigenvalue weighted by Crippen LogP contribution is 2.36. The number of hydrogen-bond donors (Lipinski definition) is 2. The van der Waals surface area contributed by atoms with Crippen LogP contribution in [0.5, 0.6) is 0 Å². The van der Waals surface area contributed by atoms with Crippen LogP contribution in [0.15, 0.2) is 0 Å². The zero-order valence-electron chi connectivity index (χ0n) is 26.5. The summed E-state index contributed by atoms with van der Waals surface area (Å²) in [6, 6.07) is 0. The second-order valence-electron chi connectivity index (χ2n) is 11.5. The molecule has 0 fully saturated rings. The summed E-state index contributed by atoms with van der Waals surface area (Å²) < 4.78 is 26.2. The Labute approximate surface area is 251 Å². The number of hydrogen-bond acceptors (Lipinski definition) is 6. The molecular weight excluding hydrogens is 543 g/mol. The first kappa shape index (κ1) is 40.1. The molecule has 0 aliphatic carbocycles. The predicted molar refractivity (Wildman–Crippen MR) is 166 cm³/mol.